The molecule has 0 bridgehead atoms. The zero-order valence-corrected chi connectivity index (χ0v) is 11.0. The van der Waals surface area contributed by atoms with Crippen molar-refractivity contribution in [2.45, 2.75) is 19.9 Å². The number of carbonyl (C=O) groups is 1. The van der Waals surface area contributed by atoms with Crippen LogP contribution < -0.4 is 10.6 Å². The van der Waals surface area contributed by atoms with Crippen molar-refractivity contribution < 1.29 is 9.21 Å². The molecule has 2 aromatic rings. The Kier molecular flexibility index (Phi) is 3.74. The van der Waals surface area contributed by atoms with Crippen LogP contribution in [0, 0.1) is 6.92 Å². The maximum atomic E-state index is 11.9. The number of oxazole rings is 1. The molecule has 0 fully saturated rings. The van der Waals surface area contributed by atoms with Crippen LogP contribution >= 0.6 is 0 Å². The van der Waals surface area contributed by atoms with Crippen molar-refractivity contribution in [1.29, 1.82) is 0 Å². The van der Waals surface area contributed by atoms with E-state index in [0.717, 1.165) is 0 Å². The molecule has 0 aliphatic carbocycles. The molecule has 1 amide bonds. The Morgan fingerprint density at radius 1 is 1.37 bits per heavy atom. The molecule has 0 saturated heterocycles. The van der Waals surface area contributed by atoms with Gasteiger partial charge in [-0.05, 0) is 26.0 Å². The molecule has 0 spiro atoms. The average Bonchev–Trinajstić information content (AvgIpc) is 2.85. The largest absolute Gasteiger partial charge is 0.444 e. The summed E-state index contributed by atoms with van der Waals surface area (Å²) in [5.41, 5.74) is 0.245. The first kappa shape index (κ1) is 13.0. The number of rotatable bonds is 4. The van der Waals surface area contributed by atoms with Crippen LogP contribution in [0.25, 0.3) is 0 Å². The number of nitrogens with one attached hydrogen (secondary N) is 2. The zero-order valence-electron chi connectivity index (χ0n) is 11.0. The smallest absolute Gasteiger partial charge is 0.272 e. The van der Waals surface area contributed by atoms with Gasteiger partial charge in [-0.2, -0.15) is 0 Å². The highest BCUT2D eigenvalue weighted by molar-refractivity contribution is 5.92. The highest BCUT2D eigenvalue weighted by atomic mass is 16.4. The number of carbonyl (C=O) groups excluding carboxylic acids is 1. The Balaban J connectivity index is 2.03. The molecule has 1 unspecified atom stereocenters. The SMILES string of the molecule is CNc1ccc(C(=O)NC(C)c2ncc(C)o2)nn1. The quantitative estimate of drug-likeness (QED) is 0.861. The molecule has 7 heteroatoms. The summed E-state index contributed by atoms with van der Waals surface area (Å²) in [4.78, 5) is 16.0. The van der Waals surface area contributed by atoms with Crippen molar-refractivity contribution in [3.8, 4) is 0 Å². The standard InChI is InChI=1S/C12H15N5O2/c1-7-6-14-12(19-7)8(2)15-11(18)9-4-5-10(13-3)17-16-9/h4-6,8H,1-3H3,(H,13,17)(H,15,18). The maximum Gasteiger partial charge on any atom is 0.272 e. The fraction of sp³-hybridized carbons (Fsp3) is 0.333. The van der Waals surface area contributed by atoms with Crippen molar-refractivity contribution in [2.24, 2.45) is 0 Å². The van der Waals surface area contributed by atoms with Gasteiger partial charge in [-0.1, -0.05) is 0 Å². The van der Waals surface area contributed by atoms with E-state index in [1.165, 1.54) is 0 Å². The van der Waals surface area contributed by atoms with Crippen molar-refractivity contribution in [3.05, 3.63) is 35.7 Å². The number of hydrogen-bond donors (Lipinski definition) is 2. The fourth-order valence-corrected chi connectivity index (χ4v) is 1.49. The predicted octanol–water partition coefficient (Wildman–Crippen LogP) is 1.31. The second-order valence-electron chi connectivity index (χ2n) is 4.06. The number of nitrogens with zero attached hydrogens (tertiary/aromatic N) is 3. The third kappa shape index (κ3) is 3.06. The van der Waals surface area contributed by atoms with Crippen LogP contribution in [0.4, 0.5) is 5.82 Å². The van der Waals surface area contributed by atoms with Crippen molar-refractivity contribution in [1.82, 2.24) is 20.5 Å². The van der Waals surface area contributed by atoms with Gasteiger partial charge in [0, 0.05) is 7.05 Å². The zero-order chi connectivity index (χ0) is 13.8. The van der Waals surface area contributed by atoms with Gasteiger partial charge in [0.2, 0.25) is 5.89 Å². The number of aromatic nitrogens is 3. The summed E-state index contributed by atoms with van der Waals surface area (Å²) in [6.45, 7) is 3.59. The van der Waals surface area contributed by atoms with E-state index < -0.39 is 0 Å². The normalized spacial score (nSPS) is 11.9. The van der Waals surface area contributed by atoms with Crippen LogP contribution in [-0.2, 0) is 0 Å². The van der Waals surface area contributed by atoms with Gasteiger partial charge in [-0.3, -0.25) is 4.79 Å². The molecule has 100 valence electrons. The minimum Gasteiger partial charge on any atom is -0.444 e. The van der Waals surface area contributed by atoms with Crippen LogP contribution in [0.5, 0.6) is 0 Å². The summed E-state index contributed by atoms with van der Waals surface area (Å²) in [5.74, 6) is 1.45. The van der Waals surface area contributed by atoms with Gasteiger partial charge in [0.1, 0.15) is 17.6 Å². The van der Waals surface area contributed by atoms with Crippen molar-refractivity contribution in [2.75, 3.05) is 12.4 Å². The molecule has 19 heavy (non-hydrogen) atoms. The first-order valence-corrected chi connectivity index (χ1v) is 5.85. The Hall–Kier alpha value is -2.44. The molecule has 2 N–H and O–H groups in total. The summed E-state index contributed by atoms with van der Waals surface area (Å²) < 4.78 is 5.35. The van der Waals surface area contributed by atoms with E-state index >= 15 is 0 Å². The first-order valence-electron chi connectivity index (χ1n) is 5.85. The van der Waals surface area contributed by atoms with Crippen LogP contribution in [-0.4, -0.2) is 28.1 Å². The second kappa shape index (κ2) is 5.47. The third-order valence-corrected chi connectivity index (χ3v) is 2.51. The van der Waals surface area contributed by atoms with Crippen molar-refractivity contribution in [3.63, 3.8) is 0 Å². The summed E-state index contributed by atoms with van der Waals surface area (Å²) in [6, 6.07) is 2.95. The van der Waals surface area contributed by atoms with Crippen LogP contribution in [0.1, 0.15) is 35.1 Å². The van der Waals surface area contributed by atoms with E-state index in [0.29, 0.717) is 17.5 Å². The van der Waals surface area contributed by atoms with Crippen molar-refractivity contribution >= 4 is 11.7 Å². The summed E-state index contributed by atoms with van der Waals surface area (Å²) in [6.07, 6.45) is 1.61. The number of amides is 1. The Morgan fingerprint density at radius 3 is 2.68 bits per heavy atom. The molecule has 0 aliphatic rings. The monoisotopic (exact) mass is 261 g/mol. The van der Waals surface area contributed by atoms with Crippen LogP contribution in [0.3, 0.4) is 0 Å². The van der Waals surface area contributed by atoms with Gasteiger partial charge >= 0.3 is 0 Å². The van der Waals surface area contributed by atoms with Gasteiger partial charge in [-0.15, -0.1) is 10.2 Å². The lowest BCUT2D eigenvalue weighted by Gasteiger charge is -2.09. The topological polar surface area (TPSA) is 92.9 Å². The molecule has 0 aliphatic heterocycles. The lowest BCUT2D eigenvalue weighted by molar-refractivity contribution is 0.0928. The van der Waals surface area contributed by atoms with Crippen LogP contribution in [0.2, 0.25) is 0 Å². The molecule has 2 aromatic heterocycles. The number of anilines is 1. The summed E-state index contributed by atoms with van der Waals surface area (Å²) in [7, 11) is 1.73. The van der Waals surface area contributed by atoms with E-state index in [1.54, 1.807) is 39.2 Å². The first-order chi connectivity index (χ1) is 9.10. The molecule has 0 saturated carbocycles. The van der Waals surface area contributed by atoms with E-state index in [1.807, 2.05) is 0 Å². The average molecular weight is 261 g/mol. The highest BCUT2D eigenvalue weighted by Crippen LogP contribution is 2.12. The second-order valence-corrected chi connectivity index (χ2v) is 4.06. The fourth-order valence-electron chi connectivity index (χ4n) is 1.49. The molecule has 0 radical (unpaired) electrons. The minimum absolute atomic E-state index is 0.245. The molecular formula is C12H15N5O2. The molecular weight excluding hydrogens is 246 g/mol. The van der Waals surface area contributed by atoms with E-state index in [4.69, 9.17) is 4.42 Å². The van der Waals surface area contributed by atoms with Gasteiger partial charge in [0.25, 0.3) is 5.91 Å². The Bertz CT molecular complexity index is 564. The Labute approximate surface area is 110 Å². The van der Waals surface area contributed by atoms with Gasteiger partial charge in [-0.25, -0.2) is 4.98 Å². The Morgan fingerprint density at radius 2 is 2.16 bits per heavy atom. The number of aryl methyl sites for hydroxylation is 1. The van der Waals surface area contributed by atoms with Gasteiger partial charge in [0.05, 0.1) is 6.20 Å². The van der Waals surface area contributed by atoms with Crippen LogP contribution in [0.15, 0.2) is 22.7 Å². The molecule has 0 aromatic carbocycles. The highest BCUT2D eigenvalue weighted by Gasteiger charge is 2.16. The summed E-state index contributed by atoms with van der Waals surface area (Å²) >= 11 is 0. The minimum atomic E-state index is -0.327. The number of hydrogen-bond acceptors (Lipinski definition) is 6. The predicted molar refractivity (Wildman–Crippen MR) is 68.7 cm³/mol. The molecule has 7 nitrogen and oxygen atoms in total. The van der Waals surface area contributed by atoms with Gasteiger partial charge < -0.3 is 15.1 Å². The molecule has 1 atom stereocenters. The van der Waals surface area contributed by atoms with E-state index in [9.17, 15) is 4.79 Å². The van der Waals surface area contributed by atoms with E-state index in [2.05, 4.69) is 25.8 Å². The lowest BCUT2D eigenvalue weighted by Crippen LogP contribution is -2.27. The van der Waals surface area contributed by atoms with Gasteiger partial charge in [0.15, 0.2) is 5.69 Å². The third-order valence-electron chi connectivity index (χ3n) is 2.51. The molecule has 2 heterocycles. The van der Waals surface area contributed by atoms with E-state index in [-0.39, 0.29) is 17.6 Å². The molecule has 2 rings (SSSR count). The maximum absolute atomic E-state index is 11.9. The summed E-state index contributed by atoms with van der Waals surface area (Å²) in [5, 5.41) is 13.2. The lowest BCUT2D eigenvalue weighted by atomic mass is 10.3.